The third kappa shape index (κ3) is 6.02. The molecule has 0 fully saturated rings. The topological polar surface area (TPSA) is 127 Å². The number of benzene rings is 2. The Morgan fingerprint density at radius 2 is 1.84 bits per heavy atom. The van der Waals surface area contributed by atoms with E-state index in [0.29, 0.717) is 28.5 Å². The van der Waals surface area contributed by atoms with E-state index in [4.69, 9.17) is 5.26 Å². The Kier molecular flexibility index (Phi) is 6.92. The average molecular weight is 459 g/mol. The number of anilines is 2. The van der Waals surface area contributed by atoms with Gasteiger partial charge in [-0.3, -0.25) is 0 Å². The van der Waals surface area contributed by atoms with Crippen LogP contribution < -0.4 is 9.62 Å². The fraction of sp³-hybridized carbons (Fsp3) is 0.238. The number of aliphatic hydroxyl groups excluding tert-OH is 1. The lowest BCUT2D eigenvalue weighted by molar-refractivity contribution is 0.162. The van der Waals surface area contributed by atoms with Gasteiger partial charge >= 0.3 is 0 Å². The molecule has 0 saturated carbocycles. The molecule has 3 N–H and O–H groups in total. The van der Waals surface area contributed by atoms with Crippen LogP contribution in [0.4, 0.5) is 10.8 Å². The number of thiazole rings is 1. The number of nitrogens with one attached hydrogen (secondary N) is 1. The first-order valence-corrected chi connectivity index (χ1v) is 12.1. The summed E-state index contributed by atoms with van der Waals surface area (Å²) in [6.07, 6.45) is 0.178. The standard InChI is InChI=1S/C21H22N4O4S2/c1-14-19(20(27)24-31(2,28)29)23-21(30-14)25(17-7-3-16(13-22)4-8-17)12-11-15-5-9-18(26)10-6-15/h3-10,20,24,26-27H,11-12H2,1-2H3. The van der Waals surface area contributed by atoms with Crippen molar-refractivity contribution in [1.82, 2.24) is 9.71 Å². The number of aliphatic hydroxyl groups is 1. The summed E-state index contributed by atoms with van der Waals surface area (Å²) in [5.41, 5.74) is 2.60. The van der Waals surface area contributed by atoms with Crippen LogP contribution in [0.15, 0.2) is 48.5 Å². The van der Waals surface area contributed by atoms with E-state index >= 15 is 0 Å². The number of nitrogens with zero attached hydrogens (tertiary/aromatic N) is 3. The molecule has 1 atom stereocenters. The quantitative estimate of drug-likeness (QED) is 0.443. The number of hydrogen-bond acceptors (Lipinski definition) is 8. The number of nitriles is 1. The molecule has 0 bridgehead atoms. The minimum absolute atomic E-state index is 0.195. The first kappa shape index (κ1) is 22.7. The summed E-state index contributed by atoms with van der Waals surface area (Å²) in [5, 5.41) is 29.4. The second kappa shape index (κ2) is 9.45. The van der Waals surface area contributed by atoms with Gasteiger partial charge in [0, 0.05) is 17.1 Å². The highest BCUT2D eigenvalue weighted by molar-refractivity contribution is 7.88. The first-order valence-electron chi connectivity index (χ1n) is 9.34. The third-order valence-electron chi connectivity index (χ3n) is 4.51. The maximum absolute atomic E-state index is 11.5. The molecule has 162 valence electrons. The molecule has 0 amide bonds. The molecule has 2 aromatic carbocycles. The van der Waals surface area contributed by atoms with E-state index in [2.05, 4.69) is 15.8 Å². The minimum Gasteiger partial charge on any atom is -0.508 e. The van der Waals surface area contributed by atoms with Crippen molar-refractivity contribution in [2.24, 2.45) is 0 Å². The molecule has 0 aliphatic heterocycles. The molecular weight excluding hydrogens is 436 g/mol. The van der Waals surface area contributed by atoms with Crippen LogP contribution in [-0.4, -0.2) is 36.4 Å². The average Bonchev–Trinajstić information content (AvgIpc) is 3.10. The molecule has 0 saturated heterocycles. The maximum Gasteiger partial charge on any atom is 0.211 e. The second-order valence-electron chi connectivity index (χ2n) is 6.96. The molecular formula is C21H22N4O4S2. The van der Waals surface area contributed by atoms with Crippen molar-refractivity contribution in [2.45, 2.75) is 19.6 Å². The Morgan fingerprint density at radius 3 is 2.42 bits per heavy atom. The summed E-state index contributed by atoms with van der Waals surface area (Å²) in [6.45, 7) is 2.30. The second-order valence-corrected chi connectivity index (χ2v) is 9.92. The number of aromatic hydroxyl groups is 1. The number of phenolic OH excluding ortho intramolecular Hbond substituents is 1. The zero-order valence-corrected chi connectivity index (χ0v) is 18.6. The molecule has 1 unspecified atom stereocenters. The fourth-order valence-corrected chi connectivity index (χ4v) is 4.48. The van der Waals surface area contributed by atoms with E-state index in [1.54, 1.807) is 31.2 Å². The van der Waals surface area contributed by atoms with Gasteiger partial charge in [-0.1, -0.05) is 12.1 Å². The van der Waals surface area contributed by atoms with E-state index in [0.717, 1.165) is 17.5 Å². The predicted octanol–water partition coefficient (Wildman–Crippen LogP) is 2.95. The van der Waals surface area contributed by atoms with Crippen molar-refractivity contribution in [2.75, 3.05) is 17.7 Å². The van der Waals surface area contributed by atoms with Gasteiger partial charge in [0.2, 0.25) is 10.0 Å². The molecule has 3 aromatic rings. The first-order chi connectivity index (χ1) is 14.7. The Labute approximate surface area is 185 Å². The van der Waals surface area contributed by atoms with E-state index in [1.807, 2.05) is 29.2 Å². The highest BCUT2D eigenvalue weighted by atomic mass is 32.2. The summed E-state index contributed by atoms with van der Waals surface area (Å²) in [7, 11) is -3.61. The van der Waals surface area contributed by atoms with Crippen molar-refractivity contribution in [1.29, 1.82) is 5.26 Å². The predicted molar refractivity (Wildman–Crippen MR) is 120 cm³/mol. The number of aromatic nitrogens is 1. The summed E-state index contributed by atoms with van der Waals surface area (Å²) in [4.78, 5) is 7.13. The van der Waals surface area contributed by atoms with Crippen LogP contribution in [0.5, 0.6) is 5.75 Å². The normalized spacial score (nSPS) is 12.3. The van der Waals surface area contributed by atoms with Gasteiger partial charge in [0.25, 0.3) is 0 Å². The van der Waals surface area contributed by atoms with E-state index < -0.39 is 16.3 Å². The van der Waals surface area contributed by atoms with Crippen LogP contribution in [0.3, 0.4) is 0 Å². The Morgan fingerprint density at radius 1 is 1.19 bits per heavy atom. The van der Waals surface area contributed by atoms with Crippen molar-refractivity contribution in [3.05, 3.63) is 70.2 Å². The van der Waals surface area contributed by atoms with Crippen molar-refractivity contribution >= 4 is 32.2 Å². The van der Waals surface area contributed by atoms with Gasteiger partial charge in [-0.15, -0.1) is 11.3 Å². The van der Waals surface area contributed by atoms with Gasteiger partial charge in [-0.25, -0.2) is 13.4 Å². The van der Waals surface area contributed by atoms with Crippen molar-refractivity contribution in [3.63, 3.8) is 0 Å². The highest BCUT2D eigenvalue weighted by Gasteiger charge is 2.22. The van der Waals surface area contributed by atoms with Gasteiger partial charge in [0.15, 0.2) is 11.4 Å². The Hall–Kier alpha value is -2.97. The monoisotopic (exact) mass is 458 g/mol. The zero-order chi connectivity index (χ0) is 22.6. The van der Waals surface area contributed by atoms with Gasteiger partial charge in [-0.2, -0.15) is 9.98 Å². The number of aryl methyl sites for hydroxylation is 1. The van der Waals surface area contributed by atoms with Gasteiger partial charge in [0.1, 0.15) is 11.4 Å². The van der Waals surface area contributed by atoms with Crippen LogP contribution in [0, 0.1) is 18.3 Å². The van der Waals surface area contributed by atoms with Crippen LogP contribution in [0.25, 0.3) is 0 Å². The van der Waals surface area contributed by atoms with Gasteiger partial charge in [-0.05, 0) is 55.3 Å². The third-order valence-corrected chi connectivity index (χ3v) is 6.17. The maximum atomic E-state index is 11.5. The fourth-order valence-electron chi connectivity index (χ4n) is 2.98. The molecule has 1 aromatic heterocycles. The molecule has 0 radical (unpaired) electrons. The minimum atomic E-state index is -3.61. The molecule has 1 heterocycles. The van der Waals surface area contributed by atoms with Gasteiger partial charge in [0.05, 0.1) is 17.9 Å². The van der Waals surface area contributed by atoms with Crippen LogP contribution in [0.2, 0.25) is 0 Å². The number of sulfonamides is 1. The van der Waals surface area contributed by atoms with Gasteiger partial charge < -0.3 is 15.1 Å². The lowest BCUT2D eigenvalue weighted by atomic mass is 10.1. The summed E-state index contributed by atoms with van der Waals surface area (Å²) < 4.78 is 25.1. The molecule has 3 rings (SSSR count). The van der Waals surface area contributed by atoms with E-state index in [1.165, 1.54) is 11.3 Å². The molecule has 0 aliphatic rings. The number of hydrogen-bond donors (Lipinski definition) is 3. The van der Waals surface area contributed by atoms with Crippen molar-refractivity contribution in [3.8, 4) is 11.8 Å². The summed E-state index contributed by atoms with van der Waals surface area (Å²) >= 11 is 1.33. The SMILES string of the molecule is Cc1sc(N(CCc2ccc(O)cc2)c2ccc(C#N)cc2)nc1C(O)NS(C)(=O)=O. The van der Waals surface area contributed by atoms with E-state index in [9.17, 15) is 18.6 Å². The molecule has 0 aliphatic carbocycles. The Balaban J connectivity index is 1.92. The van der Waals surface area contributed by atoms with Crippen LogP contribution in [-0.2, 0) is 16.4 Å². The molecule has 0 spiro atoms. The number of phenols is 1. The summed E-state index contributed by atoms with van der Waals surface area (Å²) in [6, 6.07) is 16.1. The van der Waals surface area contributed by atoms with Crippen LogP contribution in [0.1, 0.15) is 27.9 Å². The number of rotatable bonds is 8. The zero-order valence-electron chi connectivity index (χ0n) is 17.0. The summed E-state index contributed by atoms with van der Waals surface area (Å²) in [5.74, 6) is 0.195. The molecule has 31 heavy (non-hydrogen) atoms. The highest BCUT2D eigenvalue weighted by Crippen LogP contribution is 2.33. The molecule has 8 nitrogen and oxygen atoms in total. The van der Waals surface area contributed by atoms with Crippen molar-refractivity contribution < 1.29 is 18.6 Å². The largest absolute Gasteiger partial charge is 0.508 e. The Bertz CT molecular complexity index is 1180. The van der Waals surface area contributed by atoms with E-state index in [-0.39, 0.29) is 11.4 Å². The van der Waals surface area contributed by atoms with Crippen LogP contribution >= 0.6 is 11.3 Å². The smallest absolute Gasteiger partial charge is 0.211 e. The molecule has 10 heteroatoms. The lowest BCUT2D eigenvalue weighted by Gasteiger charge is -2.22. The lowest BCUT2D eigenvalue weighted by Crippen LogP contribution is -2.28.